The second-order valence-electron chi connectivity index (χ2n) is 6.37. The number of aryl methyl sites for hydroxylation is 3. The zero-order valence-electron chi connectivity index (χ0n) is 14.4. The molecule has 2 aromatic heterocycles. The number of aromatic nitrogens is 3. The van der Waals surface area contributed by atoms with Crippen LogP contribution in [0.2, 0.25) is 0 Å². The summed E-state index contributed by atoms with van der Waals surface area (Å²) in [6.07, 6.45) is 0.882. The van der Waals surface area contributed by atoms with Gasteiger partial charge in [0.25, 0.3) is 0 Å². The van der Waals surface area contributed by atoms with Gasteiger partial charge in [-0.2, -0.15) is 0 Å². The van der Waals surface area contributed by atoms with Crippen molar-refractivity contribution in [1.29, 1.82) is 0 Å². The summed E-state index contributed by atoms with van der Waals surface area (Å²) in [6, 6.07) is 8.52. The van der Waals surface area contributed by atoms with Crippen LogP contribution in [0, 0.1) is 13.8 Å². The topological polar surface area (TPSA) is 30.7 Å². The first-order chi connectivity index (χ1) is 11.4. The van der Waals surface area contributed by atoms with Crippen LogP contribution in [-0.2, 0) is 6.42 Å². The highest BCUT2D eigenvalue weighted by Gasteiger charge is 2.19. The Morgan fingerprint density at radius 1 is 1.12 bits per heavy atom. The van der Waals surface area contributed by atoms with Crippen LogP contribution < -0.4 is 0 Å². The van der Waals surface area contributed by atoms with Crippen LogP contribution in [0.25, 0.3) is 16.9 Å². The summed E-state index contributed by atoms with van der Waals surface area (Å²) in [5.74, 6) is 1.97. The number of hydrogen-bond acceptors (Lipinski definition) is 2. The predicted octanol–water partition coefficient (Wildman–Crippen LogP) is 5.70. The van der Waals surface area contributed by atoms with Gasteiger partial charge in [0.1, 0.15) is 11.3 Å². The van der Waals surface area contributed by atoms with Crippen LogP contribution in [0.1, 0.15) is 42.4 Å². The molecule has 0 saturated carbocycles. The summed E-state index contributed by atoms with van der Waals surface area (Å²) in [5, 5.41) is 0. The molecule has 0 amide bonds. The van der Waals surface area contributed by atoms with E-state index in [1.54, 1.807) is 0 Å². The van der Waals surface area contributed by atoms with Crippen molar-refractivity contribution in [3.05, 3.63) is 51.4 Å². The summed E-state index contributed by atoms with van der Waals surface area (Å²) < 4.78 is 3.21. The van der Waals surface area contributed by atoms with Gasteiger partial charge in [0.2, 0.25) is 0 Å². The molecule has 0 spiro atoms. The molecule has 24 heavy (non-hydrogen) atoms. The summed E-state index contributed by atoms with van der Waals surface area (Å²) in [5.41, 5.74) is 6.33. The molecule has 126 valence electrons. The Balaban J connectivity index is 2.27. The summed E-state index contributed by atoms with van der Waals surface area (Å²) in [6.45, 7) is 8.44. The van der Waals surface area contributed by atoms with Gasteiger partial charge in [0, 0.05) is 22.0 Å². The maximum absolute atomic E-state index is 5.84. The lowest BCUT2D eigenvalue weighted by Gasteiger charge is -2.12. The third kappa shape index (κ3) is 2.98. The molecular weight excluding hydrogens is 386 g/mol. The average Bonchev–Trinajstić information content (AvgIpc) is 2.93. The minimum atomic E-state index is 0.306. The highest BCUT2D eigenvalue weighted by Crippen LogP contribution is 2.31. The van der Waals surface area contributed by atoms with E-state index < -0.39 is 0 Å². The van der Waals surface area contributed by atoms with Gasteiger partial charge in [0.15, 0.2) is 5.65 Å². The smallest absolute Gasteiger partial charge is 0.165 e. The van der Waals surface area contributed by atoms with E-state index in [0.29, 0.717) is 11.8 Å². The van der Waals surface area contributed by atoms with Crippen molar-refractivity contribution in [2.24, 2.45) is 0 Å². The maximum atomic E-state index is 5.84. The number of pyridine rings is 1. The van der Waals surface area contributed by atoms with Crippen molar-refractivity contribution < 1.29 is 0 Å². The van der Waals surface area contributed by atoms with Crippen molar-refractivity contribution >= 4 is 38.7 Å². The minimum absolute atomic E-state index is 0.306. The first-order valence-corrected chi connectivity index (χ1v) is 9.47. The predicted molar refractivity (Wildman–Crippen MR) is 105 cm³/mol. The van der Waals surface area contributed by atoms with Crippen LogP contribution in [0.15, 0.2) is 28.7 Å². The fourth-order valence-electron chi connectivity index (χ4n) is 2.93. The quantitative estimate of drug-likeness (QED) is 0.520. The van der Waals surface area contributed by atoms with Crippen LogP contribution >= 0.6 is 27.5 Å². The van der Waals surface area contributed by atoms with Crippen molar-refractivity contribution in [3.8, 4) is 5.69 Å². The largest absolute Gasteiger partial charge is 0.280 e. The number of benzene rings is 1. The number of hydrogen-bond donors (Lipinski definition) is 0. The Morgan fingerprint density at radius 3 is 2.38 bits per heavy atom. The molecule has 2 heterocycles. The molecule has 3 rings (SSSR count). The summed E-state index contributed by atoms with van der Waals surface area (Å²) in [4.78, 5) is 9.70. The van der Waals surface area contributed by atoms with Crippen LogP contribution in [0.4, 0.5) is 0 Å². The van der Waals surface area contributed by atoms with Gasteiger partial charge in [-0.1, -0.05) is 26.0 Å². The summed E-state index contributed by atoms with van der Waals surface area (Å²) in [7, 11) is 0. The van der Waals surface area contributed by atoms with Gasteiger partial charge in [-0.25, -0.2) is 9.97 Å². The number of imidazole rings is 1. The molecule has 1 aromatic carbocycles. The van der Waals surface area contributed by atoms with Crippen molar-refractivity contribution in [2.45, 2.75) is 40.0 Å². The van der Waals surface area contributed by atoms with Gasteiger partial charge in [-0.15, -0.1) is 11.6 Å². The lowest BCUT2D eigenvalue weighted by atomic mass is 10.1. The second-order valence-corrected chi connectivity index (χ2v) is 7.54. The maximum Gasteiger partial charge on any atom is 0.165 e. The fraction of sp³-hybridized carbons (Fsp3) is 0.368. The number of alkyl halides is 1. The van der Waals surface area contributed by atoms with Crippen molar-refractivity contribution in [3.63, 3.8) is 0 Å². The number of nitrogens with zero attached hydrogens (tertiary/aromatic N) is 3. The Kier molecular flexibility index (Phi) is 4.97. The molecule has 0 aliphatic carbocycles. The van der Waals surface area contributed by atoms with E-state index in [1.165, 1.54) is 5.56 Å². The van der Waals surface area contributed by atoms with Gasteiger partial charge in [-0.05, 0) is 59.5 Å². The van der Waals surface area contributed by atoms with E-state index in [-0.39, 0.29) is 0 Å². The van der Waals surface area contributed by atoms with Gasteiger partial charge in [0.05, 0.1) is 5.69 Å². The number of halogens is 2. The molecule has 0 unspecified atom stereocenters. The monoisotopic (exact) mass is 405 g/mol. The Bertz CT molecular complexity index is 882. The molecule has 3 nitrogen and oxygen atoms in total. The molecule has 0 saturated heterocycles. The highest BCUT2D eigenvalue weighted by atomic mass is 79.9. The zero-order valence-corrected chi connectivity index (χ0v) is 16.7. The minimum Gasteiger partial charge on any atom is -0.280 e. The average molecular weight is 407 g/mol. The molecule has 0 aliphatic rings. The van der Waals surface area contributed by atoms with Crippen LogP contribution in [-0.4, -0.2) is 20.4 Å². The molecule has 0 N–H and O–H groups in total. The van der Waals surface area contributed by atoms with Gasteiger partial charge in [-0.3, -0.25) is 4.57 Å². The molecular formula is C19H21BrClN3. The van der Waals surface area contributed by atoms with E-state index >= 15 is 0 Å². The molecule has 5 heteroatoms. The number of fused-ring (bicyclic) bond motifs is 1. The third-order valence-corrected chi connectivity index (χ3v) is 5.61. The Morgan fingerprint density at radius 2 is 1.79 bits per heavy atom. The van der Waals surface area contributed by atoms with Gasteiger partial charge < -0.3 is 0 Å². The third-order valence-electron chi connectivity index (χ3n) is 4.25. The molecule has 0 atom stereocenters. The standard InChI is InChI=1S/C19H21BrClN3/c1-11(2)18-23-17-12(3)16(20)13(4)22-19(17)24(18)15-7-5-14(6-8-15)9-10-21/h5-8,11H,9-10H2,1-4H3. The van der Waals surface area contributed by atoms with E-state index in [1.807, 2.05) is 6.92 Å². The first kappa shape index (κ1) is 17.4. The molecule has 3 aromatic rings. The molecule has 0 aliphatic heterocycles. The van der Waals surface area contributed by atoms with Crippen molar-refractivity contribution in [2.75, 3.05) is 5.88 Å². The second kappa shape index (κ2) is 6.85. The van der Waals surface area contributed by atoms with E-state index in [2.05, 4.69) is 65.5 Å². The lowest BCUT2D eigenvalue weighted by molar-refractivity contribution is 0.757. The van der Waals surface area contributed by atoms with Gasteiger partial charge >= 0.3 is 0 Å². The molecule has 0 fully saturated rings. The molecule has 0 radical (unpaired) electrons. The summed E-state index contributed by atoms with van der Waals surface area (Å²) >= 11 is 9.47. The Labute approximate surface area is 156 Å². The highest BCUT2D eigenvalue weighted by molar-refractivity contribution is 9.10. The fourth-order valence-corrected chi connectivity index (χ4v) is 3.42. The first-order valence-electron chi connectivity index (χ1n) is 8.14. The molecule has 0 bridgehead atoms. The van der Waals surface area contributed by atoms with E-state index in [9.17, 15) is 0 Å². The lowest BCUT2D eigenvalue weighted by Crippen LogP contribution is -2.04. The zero-order chi connectivity index (χ0) is 17.4. The normalized spacial score (nSPS) is 11.6. The van der Waals surface area contributed by atoms with Crippen LogP contribution in [0.3, 0.4) is 0 Å². The number of rotatable bonds is 4. The van der Waals surface area contributed by atoms with E-state index in [0.717, 1.165) is 44.8 Å². The SMILES string of the molecule is Cc1nc2c(nc(C(C)C)n2-c2ccc(CCCl)cc2)c(C)c1Br. The van der Waals surface area contributed by atoms with Crippen LogP contribution in [0.5, 0.6) is 0 Å². The van der Waals surface area contributed by atoms with Crippen molar-refractivity contribution in [1.82, 2.24) is 14.5 Å². The van der Waals surface area contributed by atoms with E-state index in [4.69, 9.17) is 21.6 Å². The Hall–Kier alpha value is -1.39.